The van der Waals surface area contributed by atoms with Crippen LogP contribution in [-0.2, 0) is 29.2 Å². The Hall–Kier alpha value is -2.95. The number of alkyl halides is 3. The van der Waals surface area contributed by atoms with E-state index >= 15 is 0 Å². The number of sulfonamides is 1. The van der Waals surface area contributed by atoms with Crippen molar-refractivity contribution in [1.82, 2.24) is 4.72 Å². The molecule has 0 spiro atoms. The Kier molecular flexibility index (Phi) is 6.66. The zero-order valence-electron chi connectivity index (χ0n) is 17.4. The van der Waals surface area contributed by atoms with Gasteiger partial charge in [0.1, 0.15) is 5.58 Å². The van der Waals surface area contributed by atoms with Crippen LogP contribution in [0.5, 0.6) is 0 Å². The predicted molar refractivity (Wildman–Crippen MR) is 125 cm³/mol. The van der Waals surface area contributed by atoms with Crippen LogP contribution in [0.2, 0.25) is 0 Å². The third-order valence-corrected chi connectivity index (χ3v) is 7.36. The minimum atomic E-state index is -4.70. The molecule has 0 atom stereocenters. The van der Waals surface area contributed by atoms with E-state index in [9.17, 15) is 26.4 Å². The molecular formula is C24H17BrF3NO4S. The quantitative estimate of drug-likeness (QED) is 0.314. The summed E-state index contributed by atoms with van der Waals surface area (Å²) in [6, 6.07) is 18.0. The third-order valence-electron chi connectivity index (χ3n) is 5.16. The molecule has 4 aromatic rings. The number of hydrogen-bond acceptors (Lipinski definition) is 4. The second-order valence-corrected chi connectivity index (χ2v) is 10.2. The van der Waals surface area contributed by atoms with Gasteiger partial charge in [0.25, 0.3) is 0 Å². The number of nitrogens with one attached hydrogen (secondary N) is 1. The first-order valence-electron chi connectivity index (χ1n) is 9.99. The molecule has 1 N–H and O–H groups in total. The Bertz CT molecular complexity index is 1510. The van der Waals surface area contributed by atoms with Gasteiger partial charge in [-0.25, -0.2) is 17.9 Å². The van der Waals surface area contributed by atoms with E-state index in [-0.39, 0.29) is 28.8 Å². The van der Waals surface area contributed by atoms with Gasteiger partial charge in [0.05, 0.1) is 10.5 Å². The van der Waals surface area contributed by atoms with E-state index in [2.05, 4.69) is 20.7 Å². The normalized spacial score (nSPS) is 12.2. The highest BCUT2D eigenvalue weighted by atomic mass is 79.9. The molecule has 1 aromatic heterocycles. The standard InChI is InChI=1S/C24H17BrF3NO4S/c25-21-4-2-1-3-17(21)14-29-34(31,32)18-8-5-15(6-9-18)11-16-7-10-22-19(12-16)20(24(26,27)28)13-23(30)33-22/h1-10,12-13,29H,11,14H2. The van der Waals surface area contributed by atoms with Gasteiger partial charge in [-0.05, 0) is 53.4 Å². The molecule has 0 amide bonds. The molecule has 1 heterocycles. The smallest absolute Gasteiger partial charge is 0.417 e. The van der Waals surface area contributed by atoms with Gasteiger partial charge in [-0.3, -0.25) is 0 Å². The molecule has 0 bridgehead atoms. The molecule has 34 heavy (non-hydrogen) atoms. The molecule has 10 heteroatoms. The Morgan fingerprint density at radius 2 is 1.59 bits per heavy atom. The van der Waals surface area contributed by atoms with Gasteiger partial charge in [-0.1, -0.05) is 52.3 Å². The van der Waals surface area contributed by atoms with Gasteiger partial charge in [-0.15, -0.1) is 0 Å². The number of hydrogen-bond donors (Lipinski definition) is 1. The lowest BCUT2D eigenvalue weighted by molar-refractivity contribution is -0.136. The van der Waals surface area contributed by atoms with Gasteiger partial charge >= 0.3 is 11.8 Å². The van der Waals surface area contributed by atoms with Crippen molar-refractivity contribution in [3.8, 4) is 0 Å². The monoisotopic (exact) mass is 551 g/mol. The summed E-state index contributed by atoms with van der Waals surface area (Å²) >= 11 is 3.38. The highest BCUT2D eigenvalue weighted by Crippen LogP contribution is 2.34. The lowest BCUT2D eigenvalue weighted by Gasteiger charge is -2.11. The maximum Gasteiger partial charge on any atom is 0.417 e. The zero-order chi connectivity index (χ0) is 24.5. The topological polar surface area (TPSA) is 76.4 Å². The van der Waals surface area contributed by atoms with Crippen LogP contribution in [0.4, 0.5) is 13.2 Å². The van der Waals surface area contributed by atoms with E-state index in [1.54, 1.807) is 30.3 Å². The lowest BCUT2D eigenvalue weighted by Crippen LogP contribution is -2.23. The number of benzene rings is 3. The first kappa shape index (κ1) is 24.2. The average Bonchev–Trinajstić information content (AvgIpc) is 2.78. The van der Waals surface area contributed by atoms with Crippen LogP contribution in [0.15, 0.2) is 91.4 Å². The first-order chi connectivity index (χ1) is 16.0. The maximum absolute atomic E-state index is 13.4. The summed E-state index contributed by atoms with van der Waals surface area (Å²) < 4.78 is 73.5. The summed E-state index contributed by atoms with van der Waals surface area (Å²) in [4.78, 5) is 11.5. The van der Waals surface area contributed by atoms with Crippen molar-refractivity contribution in [2.45, 2.75) is 24.0 Å². The largest absolute Gasteiger partial charge is 0.423 e. The minimum absolute atomic E-state index is 0.0722. The van der Waals surface area contributed by atoms with E-state index in [1.165, 1.54) is 24.3 Å². The van der Waals surface area contributed by atoms with Gasteiger partial charge in [0.15, 0.2) is 0 Å². The highest BCUT2D eigenvalue weighted by Gasteiger charge is 2.33. The molecule has 5 nitrogen and oxygen atoms in total. The number of rotatable bonds is 6. The summed E-state index contributed by atoms with van der Waals surface area (Å²) in [5, 5.41) is -0.208. The maximum atomic E-state index is 13.4. The van der Waals surface area contributed by atoms with Gasteiger partial charge in [0, 0.05) is 22.5 Å². The van der Waals surface area contributed by atoms with Crippen molar-refractivity contribution in [3.05, 3.63) is 110 Å². The predicted octanol–water partition coefficient (Wildman–Crippen LogP) is 5.64. The number of fused-ring (bicyclic) bond motifs is 1. The van der Waals surface area contributed by atoms with E-state index in [0.29, 0.717) is 17.2 Å². The Balaban J connectivity index is 1.54. The van der Waals surface area contributed by atoms with E-state index in [1.807, 2.05) is 12.1 Å². The van der Waals surface area contributed by atoms with Crippen LogP contribution < -0.4 is 10.3 Å². The molecule has 3 aromatic carbocycles. The Morgan fingerprint density at radius 3 is 2.26 bits per heavy atom. The van der Waals surface area contributed by atoms with Crippen LogP contribution >= 0.6 is 15.9 Å². The first-order valence-corrected chi connectivity index (χ1v) is 12.3. The van der Waals surface area contributed by atoms with E-state index < -0.39 is 27.4 Å². The van der Waals surface area contributed by atoms with Crippen molar-refractivity contribution in [2.24, 2.45) is 0 Å². The summed E-state index contributed by atoms with van der Waals surface area (Å²) in [5.41, 5.74) is -0.241. The van der Waals surface area contributed by atoms with Crippen molar-refractivity contribution in [2.75, 3.05) is 0 Å². The lowest BCUT2D eigenvalue weighted by atomic mass is 10.0. The van der Waals surface area contributed by atoms with Crippen molar-refractivity contribution in [1.29, 1.82) is 0 Å². The molecule has 0 unspecified atom stereocenters. The van der Waals surface area contributed by atoms with Crippen molar-refractivity contribution < 1.29 is 26.0 Å². The molecular weight excluding hydrogens is 535 g/mol. The van der Waals surface area contributed by atoms with Crippen molar-refractivity contribution >= 4 is 36.9 Å². The molecule has 176 valence electrons. The third kappa shape index (κ3) is 5.40. The van der Waals surface area contributed by atoms with Crippen LogP contribution in [0.1, 0.15) is 22.3 Å². The molecule has 0 saturated heterocycles. The molecule has 0 aliphatic rings. The SMILES string of the molecule is O=c1cc(C(F)(F)F)c2cc(Cc3ccc(S(=O)(=O)NCc4ccccc4Br)cc3)ccc2o1. The van der Waals surface area contributed by atoms with Crippen LogP contribution in [-0.4, -0.2) is 8.42 Å². The fraction of sp³-hybridized carbons (Fsp3) is 0.125. The average molecular weight is 552 g/mol. The summed E-state index contributed by atoms with van der Waals surface area (Å²) in [6.07, 6.45) is -4.44. The van der Waals surface area contributed by atoms with Gasteiger partial charge in [-0.2, -0.15) is 13.2 Å². The molecule has 0 radical (unpaired) electrons. The summed E-state index contributed by atoms with van der Waals surface area (Å²) in [5.74, 6) is 0. The van der Waals surface area contributed by atoms with Crippen LogP contribution in [0.25, 0.3) is 11.0 Å². The van der Waals surface area contributed by atoms with E-state index in [4.69, 9.17) is 4.42 Å². The fourth-order valence-electron chi connectivity index (χ4n) is 3.47. The molecule has 0 aliphatic carbocycles. The molecule has 0 aliphatic heterocycles. The van der Waals surface area contributed by atoms with Crippen molar-refractivity contribution in [3.63, 3.8) is 0 Å². The zero-order valence-corrected chi connectivity index (χ0v) is 19.8. The molecule has 0 fully saturated rings. The summed E-state index contributed by atoms with van der Waals surface area (Å²) in [6.45, 7) is 0.111. The van der Waals surface area contributed by atoms with Gasteiger partial charge in [0.2, 0.25) is 10.0 Å². The molecule has 4 rings (SSSR count). The second kappa shape index (κ2) is 9.36. The summed E-state index contributed by atoms with van der Waals surface area (Å²) in [7, 11) is -3.76. The molecule has 0 saturated carbocycles. The Morgan fingerprint density at radius 1 is 0.912 bits per heavy atom. The van der Waals surface area contributed by atoms with Crippen LogP contribution in [0.3, 0.4) is 0 Å². The highest BCUT2D eigenvalue weighted by molar-refractivity contribution is 9.10. The number of halogens is 4. The van der Waals surface area contributed by atoms with Gasteiger partial charge < -0.3 is 4.42 Å². The van der Waals surface area contributed by atoms with Crippen LogP contribution in [0, 0.1) is 0 Å². The fourth-order valence-corrected chi connectivity index (χ4v) is 4.91. The van der Waals surface area contributed by atoms with E-state index in [0.717, 1.165) is 10.0 Å². The Labute approximate surface area is 201 Å². The minimum Gasteiger partial charge on any atom is -0.423 e. The second-order valence-electron chi connectivity index (χ2n) is 7.54.